The summed E-state index contributed by atoms with van der Waals surface area (Å²) < 4.78 is 35.6. The predicted octanol–water partition coefficient (Wildman–Crippen LogP) is 7.45. The molecule has 48 heavy (non-hydrogen) atoms. The van der Waals surface area contributed by atoms with Gasteiger partial charge >= 0.3 is 0 Å². The van der Waals surface area contributed by atoms with Gasteiger partial charge in [0, 0.05) is 35.1 Å². The van der Waals surface area contributed by atoms with Gasteiger partial charge in [-0.05, 0) is 62.2 Å². The summed E-state index contributed by atoms with van der Waals surface area (Å²) in [5, 5.41) is 3.61. The summed E-state index contributed by atoms with van der Waals surface area (Å²) in [6, 6.07) is 26.4. The van der Waals surface area contributed by atoms with Crippen molar-refractivity contribution in [3.05, 3.63) is 124 Å². The molecular weight excluding hydrogens is 669 g/mol. The molecule has 0 spiro atoms. The molecular formula is C37H41Cl2N3O5S. The number of aryl methyl sites for hydroxylation is 1. The Morgan fingerprint density at radius 2 is 1.50 bits per heavy atom. The topological polar surface area (TPSA) is 96.0 Å². The van der Waals surface area contributed by atoms with E-state index in [1.54, 1.807) is 61.5 Å². The summed E-state index contributed by atoms with van der Waals surface area (Å²) in [7, 11) is -4.30. The number of amides is 2. The predicted molar refractivity (Wildman–Crippen MR) is 192 cm³/mol. The second kappa shape index (κ2) is 17.4. The highest BCUT2D eigenvalue weighted by Gasteiger charge is 2.36. The third kappa shape index (κ3) is 9.30. The Hall–Kier alpha value is -4.05. The number of unbranched alkanes of at least 4 members (excludes halogenated alkanes) is 1. The highest BCUT2D eigenvalue weighted by molar-refractivity contribution is 7.92. The van der Waals surface area contributed by atoms with Crippen molar-refractivity contribution >= 4 is 50.7 Å². The number of carbonyl (C=O) groups is 2. The first-order valence-electron chi connectivity index (χ1n) is 15.9. The van der Waals surface area contributed by atoms with E-state index in [0.29, 0.717) is 27.9 Å². The molecule has 1 unspecified atom stereocenters. The van der Waals surface area contributed by atoms with Crippen molar-refractivity contribution < 1.29 is 22.7 Å². The van der Waals surface area contributed by atoms with Crippen molar-refractivity contribution in [2.24, 2.45) is 0 Å². The number of benzene rings is 4. The molecule has 0 fully saturated rings. The van der Waals surface area contributed by atoms with Crippen LogP contribution in [0.2, 0.25) is 10.0 Å². The number of halogens is 2. The van der Waals surface area contributed by atoms with Crippen LogP contribution in [-0.2, 0) is 32.6 Å². The Labute approximate surface area is 293 Å². The number of ether oxygens (including phenoxy) is 1. The zero-order valence-electron chi connectivity index (χ0n) is 27.4. The van der Waals surface area contributed by atoms with Gasteiger partial charge in [-0.3, -0.25) is 13.9 Å². The Balaban J connectivity index is 1.86. The van der Waals surface area contributed by atoms with E-state index >= 15 is 0 Å². The van der Waals surface area contributed by atoms with E-state index in [4.69, 9.17) is 27.9 Å². The lowest BCUT2D eigenvalue weighted by Crippen LogP contribution is -2.53. The number of para-hydroxylation sites is 2. The molecule has 0 aliphatic carbocycles. The smallest absolute Gasteiger partial charge is 0.264 e. The van der Waals surface area contributed by atoms with E-state index < -0.39 is 28.5 Å². The van der Waals surface area contributed by atoms with Crippen LogP contribution < -0.4 is 14.4 Å². The molecule has 0 aromatic heterocycles. The number of rotatable bonds is 16. The van der Waals surface area contributed by atoms with Crippen LogP contribution in [0.1, 0.15) is 43.4 Å². The van der Waals surface area contributed by atoms with Crippen molar-refractivity contribution in [2.45, 2.75) is 57.5 Å². The fourth-order valence-electron chi connectivity index (χ4n) is 5.21. The van der Waals surface area contributed by atoms with Crippen molar-refractivity contribution in [2.75, 3.05) is 24.0 Å². The number of nitrogens with zero attached hydrogens (tertiary/aromatic N) is 2. The van der Waals surface area contributed by atoms with Gasteiger partial charge in [0.05, 0.1) is 17.2 Å². The minimum atomic E-state index is -4.30. The van der Waals surface area contributed by atoms with Gasteiger partial charge < -0.3 is 15.0 Å². The zero-order chi connectivity index (χ0) is 34.7. The lowest BCUT2D eigenvalue weighted by Gasteiger charge is -2.34. The summed E-state index contributed by atoms with van der Waals surface area (Å²) in [5.74, 6) is -0.701. The van der Waals surface area contributed by atoms with Gasteiger partial charge in [0.15, 0.2) is 0 Å². The molecule has 4 aromatic carbocycles. The maximum absolute atomic E-state index is 14.7. The zero-order valence-corrected chi connectivity index (χ0v) is 29.7. The van der Waals surface area contributed by atoms with Gasteiger partial charge in [0.25, 0.3) is 10.0 Å². The third-order valence-corrected chi connectivity index (χ3v) is 10.3. The molecule has 4 rings (SSSR count). The van der Waals surface area contributed by atoms with Gasteiger partial charge in [0.2, 0.25) is 11.8 Å². The maximum Gasteiger partial charge on any atom is 0.264 e. The lowest BCUT2D eigenvalue weighted by atomic mass is 10.0. The van der Waals surface area contributed by atoms with E-state index in [1.165, 1.54) is 17.0 Å². The van der Waals surface area contributed by atoms with Crippen LogP contribution in [-0.4, -0.2) is 50.9 Å². The summed E-state index contributed by atoms with van der Waals surface area (Å²) >= 11 is 13.2. The number of hydrogen-bond donors (Lipinski definition) is 1. The van der Waals surface area contributed by atoms with E-state index in [1.807, 2.05) is 44.2 Å². The first kappa shape index (κ1) is 36.8. The van der Waals surface area contributed by atoms with Gasteiger partial charge in [-0.2, -0.15) is 0 Å². The van der Waals surface area contributed by atoms with Crippen molar-refractivity contribution in [1.29, 1.82) is 0 Å². The second-order valence-electron chi connectivity index (χ2n) is 11.3. The monoisotopic (exact) mass is 709 g/mol. The summed E-state index contributed by atoms with van der Waals surface area (Å²) in [5.41, 5.74) is 2.33. The van der Waals surface area contributed by atoms with Crippen LogP contribution in [0.25, 0.3) is 0 Å². The first-order chi connectivity index (χ1) is 23.1. The number of hydrogen-bond acceptors (Lipinski definition) is 5. The molecule has 0 bridgehead atoms. The van der Waals surface area contributed by atoms with Crippen LogP contribution in [0.3, 0.4) is 0 Å². The number of nitrogens with one attached hydrogen (secondary N) is 1. The number of carbonyl (C=O) groups excluding carboxylic acids is 2. The van der Waals surface area contributed by atoms with Crippen LogP contribution in [0.4, 0.5) is 5.69 Å². The van der Waals surface area contributed by atoms with Crippen LogP contribution >= 0.6 is 23.2 Å². The molecule has 0 saturated carbocycles. The largest absolute Gasteiger partial charge is 0.492 e. The van der Waals surface area contributed by atoms with Gasteiger partial charge in [-0.15, -0.1) is 0 Å². The lowest BCUT2D eigenvalue weighted by molar-refractivity contribution is -0.140. The minimum Gasteiger partial charge on any atom is -0.492 e. The minimum absolute atomic E-state index is 0.00560. The molecule has 8 nitrogen and oxygen atoms in total. The quantitative estimate of drug-likeness (QED) is 0.122. The van der Waals surface area contributed by atoms with Gasteiger partial charge in [-0.1, -0.05) is 103 Å². The Kier molecular flexibility index (Phi) is 13.3. The van der Waals surface area contributed by atoms with Gasteiger partial charge in [0.1, 0.15) is 18.3 Å². The van der Waals surface area contributed by atoms with Crippen molar-refractivity contribution in [1.82, 2.24) is 10.2 Å². The number of sulfonamides is 1. The number of anilines is 1. The fourth-order valence-corrected chi connectivity index (χ4v) is 7.15. The molecule has 2 amide bonds. The highest BCUT2D eigenvalue weighted by Crippen LogP contribution is 2.34. The molecule has 11 heteroatoms. The molecule has 0 aliphatic rings. The van der Waals surface area contributed by atoms with Gasteiger partial charge in [-0.25, -0.2) is 8.42 Å². The molecule has 0 aliphatic heterocycles. The molecule has 0 radical (unpaired) electrons. The van der Waals surface area contributed by atoms with Crippen molar-refractivity contribution in [3.63, 3.8) is 0 Å². The SMILES string of the molecule is CCCCNC(=O)C(Cc1ccccc1)N(Cc1c(Cl)cccc1Cl)C(=O)CN(c1ccccc1OCC)S(=O)(=O)c1ccc(C)cc1. The van der Waals surface area contributed by atoms with Crippen LogP contribution in [0.15, 0.2) is 102 Å². The summed E-state index contributed by atoms with van der Waals surface area (Å²) in [6.45, 7) is 5.60. The van der Waals surface area contributed by atoms with Crippen LogP contribution in [0.5, 0.6) is 5.75 Å². The molecule has 0 saturated heterocycles. The Morgan fingerprint density at radius 3 is 2.15 bits per heavy atom. The highest BCUT2D eigenvalue weighted by atomic mass is 35.5. The molecule has 4 aromatic rings. The van der Waals surface area contributed by atoms with E-state index in [-0.39, 0.29) is 36.1 Å². The first-order valence-corrected chi connectivity index (χ1v) is 18.1. The second-order valence-corrected chi connectivity index (χ2v) is 14.0. The third-order valence-electron chi connectivity index (χ3n) is 7.81. The Morgan fingerprint density at radius 1 is 0.854 bits per heavy atom. The average molecular weight is 711 g/mol. The van der Waals surface area contributed by atoms with E-state index in [0.717, 1.165) is 28.3 Å². The Bertz CT molecular complexity index is 1770. The molecule has 1 atom stereocenters. The molecule has 0 heterocycles. The standard InChI is InChI=1S/C37H41Cl2N3O5S/c1-4-6-23-40-37(44)34(24-28-13-8-7-9-14-28)41(25-30-31(38)15-12-16-32(30)39)36(43)26-42(33-17-10-11-18-35(33)47-5-2)48(45,46)29-21-19-27(3)20-22-29/h7-22,34H,4-6,23-26H2,1-3H3,(H,40,44). The normalized spacial score (nSPS) is 11.9. The maximum atomic E-state index is 14.7. The van der Waals surface area contributed by atoms with E-state index in [2.05, 4.69) is 5.32 Å². The van der Waals surface area contributed by atoms with E-state index in [9.17, 15) is 18.0 Å². The fraction of sp³-hybridized carbons (Fsp3) is 0.297. The summed E-state index contributed by atoms with van der Waals surface area (Å²) in [4.78, 5) is 30.1. The van der Waals surface area contributed by atoms with Crippen molar-refractivity contribution in [3.8, 4) is 5.75 Å². The summed E-state index contributed by atoms with van der Waals surface area (Å²) in [6.07, 6.45) is 1.80. The molecule has 254 valence electrons. The average Bonchev–Trinajstić information content (AvgIpc) is 3.07. The molecule has 1 N–H and O–H groups in total. The van der Waals surface area contributed by atoms with Crippen LogP contribution in [0, 0.1) is 6.92 Å².